The van der Waals surface area contributed by atoms with Gasteiger partial charge in [-0.15, -0.1) is 0 Å². The second-order valence-corrected chi connectivity index (χ2v) is 3.65. The van der Waals surface area contributed by atoms with Crippen molar-refractivity contribution in [3.63, 3.8) is 0 Å². The predicted molar refractivity (Wildman–Crippen MR) is 56.6 cm³/mol. The third kappa shape index (κ3) is 3.57. The average Bonchev–Trinajstić information content (AvgIpc) is 2.27. The number of pyridine rings is 1. The molecule has 6 nitrogen and oxygen atoms in total. The van der Waals surface area contributed by atoms with Crippen LogP contribution in [-0.4, -0.2) is 28.0 Å². The van der Waals surface area contributed by atoms with Gasteiger partial charge in [0.05, 0.1) is 0 Å². The number of halogens is 3. The molecule has 9 heteroatoms. The summed E-state index contributed by atoms with van der Waals surface area (Å²) in [6, 6.07) is -0.0537. The number of rotatable bonds is 3. The zero-order valence-corrected chi connectivity index (χ0v) is 9.54. The summed E-state index contributed by atoms with van der Waals surface area (Å²) in [6.45, 7) is 1.15. The molecule has 0 aliphatic heterocycles. The molecule has 0 fully saturated rings. The van der Waals surface area contributed by atoms with Crippen LogP contribution < -0.4 is 10.9 Å². The Bertz CT molecular complexity index is 565. The lowest BCUT2D eigenvalue weighted by atomic mass is 10.2. The van der Waals surface area contributed by atoms with Crippen molar-refractivity contribution in [2.45, 2.75) is 19.1 Å². The summed E-state index contributed by atoms with van der Waals surface area (Å²) in [4.78, 5) is 34.8. The molecule has 19 heavy (non-hydrogen) atoms. The molecule has 1 heterocycles. The molecule has 0 radical (unpaired) electrons. The molecule has 104 valence electrons. The van der Waals surface area contributed by atoms with E-state index < -0.39 is 40.9 Å². The van der Waals surface area contributed by atoms with Crippen LogP contribution in [0.3, 0.4) is 0 Å². The number of carbonyl (C=O) groups excluding carboxylic acids is 1. The summed E-state index contributed by atoms with van der Waals surface area (Å²) in [6.07, 6.45) is -4.73. The molecule has 0 aliphatic rings. The molecular weight excluding hydrogens is 269 g/mol. The van der Waals surface area contributed by atoms with Gasteiger partial charge in [0.1, 0.15) is 17.3 Å². The number of alkyl halides is 3. The van der Waals surface area contributed by atoms with Crippen molar-refractivity contribution >= 4 is 11.9 Å². The molecule has 1 unspecified atom stereocenters. The van der Waals surface area contributed by atoms with Crippen molar-refractivity contribution in [2.75, 3.05) is 0 Å². The SMILES string of the molecule is CC(NC(=O)c1ccc(C(F)(F)F)[nH]c1=O)C(=O)O. The molecular formula is C10H9F3N2O4. The van der Waals surface area contributed by atoms with Crippen LogP contribution in [0.15, 0.2) is 16.9 Å². The van der Waals surface area contributed by atoms with Crippen LogP contribution >= 0.6 is 0 Å². The van der Waals surface area contributed by atoms with Crippen molar-refractivity contribution in [3.05, 3.63) is 33.7 Å². The first kappa shape index (κ1) is 14.7. The van der Waals surface area contributed by atoms with E-state index >= 15 is 0 Å². The summed E-state index contributed by atoms with van der Waals surface area (Å²) in [7, 11) is 0. The first-order valence-corrected chi connectivity index (χ1v) is 4.97. The minimum atomic E-state index is -4.73. The first-order valence-electron chi connectivity index (χ1n) is 4.97. The summed E-state index contributed by atoms with van der Waals surface area (Å²) in [5.41, 5.74) is -3.13. The van der Waals surface area contributed by atoms with E-state index in [0.29, 0.717) is 12.1 Å². The molecule has 0 saturated heterocycles. The van der Waals surface area contributed by atoms with Crippen LogP contribution in [0.4, 0.5) is 13.2 Å². The maximum absolute atomic E-state index is 12.3. The largest absolute Gasteiger partial charge is 0.480 e. The number of hydrogen-bond acceptors (Lipinski definition) is 3. The average molecular weight is 278 g/mol. The summed E-state index contributed by atoms with van der Waals surface area (Å²) in [5.74, 6) is -2.40. The fourth-order valence-corrected chi connectivity index (χ4v) is 1.15. The highest BCUT2D eigenvalue weighted by molar-refractivity contribution is 5.96. The van der Waals surface area contributed by atoms with Gasteiger partial charge in [0.2, 0.25) is 0 Å². The number of aromatic nitrogens is 1. The van der Waals surface area contributed by atoms with Crippen LogP contribution in [0, 0.1) is 0 Å². The standard InChI is InChI=1S/C10H9F3N2O4/c1-4(9(18)19)14-7(16)5-2-3-6(10(11,12)13)15-8(5)17/h2-4H,1H3,(H,14,16)(H,15,17)(H,18,19). The lowest BCUT2D eigenvalue weighted by Crippen LogP contribution is -2.40. The molecule has 0 spiro atoms. The molecule has 3 N–H and O–H groups in total. The van der Waals surface area contributed by atoms with Crippen molar-refractivity contribution < 1.29 is 27.9 Å². The highest BCUT2D eigenvalue weighted by atomic mass is 19.4. The molecule has 1 aromatic rings. The Labute approximate surface area is 104 Å². The Morgan fingerprint density at radius 3 is 2.37 bits per heavy atom. The van der Waals surface area contributed by atoms with E-state index in [1.165, 1.54) is 4.98 Å². The van der Waals surface area contributed by atoms with Crippen LogP contribution in [-0.2, 0) is 11.0 Å². The van der Waals surface area contributed by atoms with Gasteiger partial charge < -0.3 is 15.4 Å². The van der Waals surface area contributed by atoms with Gasteiger partial charge >= 0.3 is 12.1 Å². The van der Waals surface area contributed by atoms with Gasteiger partial charge in [-0.1, -0.05) is 0 Å². The van der Waals surface area contributed by atoms with E-state index in [1.54, 1.807) is 0 Å². The van der Waals surface area contributed by atoms with Gasteiger partial charge in [-0.2, -0.15) is 13.2 Å². The van der Waals surface area contributed by atoms with E-state index in [4.69, 9.17) is 5.11 Å². The monoisotopic (exact) mass is 278 g/mol. The topological polar surface area (TPSA) is 99.3 Å². The predicted octanol–water partition coefficient (Wildman–Crippen LogP) is 0.597. The van der Waals surface area contributed by atoms with Crippen LogP contribution in [0.25, 0.3) is 0 Å². The Hall–Kier alpha value is -2.32. The van der Waals surface area contributed by atoms with Gasteiger partial charge in [-0.25, -0.2) is 0 Å². The van der Waals surface area contributed by atoms with E-state index in [9.17, 15) is 27.6 Å². The number of carboxylic acid groups (broad SMARTS) is 1. The van der Waals surface area contributed by atoms with E-state index in [-0.39, 0.29) is 0 Å². The third-order valence-corrected chi connectivity index (χ3v) is 2.18. The number of hydrogen-bond donors (Lipinski definition) is 3. The van der Waals surface area contributed by atoms with Crippen LogP contribution in [0.1, 0.15) is 23.0 Å². The number of carboxylic acids is 1. The molecule has 1 atom stereocenters. The molecule has 0 bridgehead atoms. The Kier molecular flexibility index (Phi) is 3.98. The molecule has 1 rings (SSSR count). The quantitative estimate of drug-likeness (QED) is 0.753. The third-order valence-electron chi connectivity index (χ3n) is 2.18. The maximum Gasteiger partial charge on any atom is 0.431 e. The number of aliphatic carboxylic acids is 1. The summed E-state index contributed by atoms with van der Waals surface area (Å²) in [5, 5.41) is 10.5. The number of aromatic amines is 1. The highest BCUT2D eigenvalue weighted by Gasteiger charge is 2.32. The normalized spacial score (nSPS) is 12.8. The molecule has 1 amide bonds. The number of H-pyrrole nitrogens is 1. The van der Waals surface area contributed by atoms with Gasteiger partial charge in [-0.05, 0) is 19.1 Å². The maximum atomic E-state index is 12.3. The van der Waals surface area contributed by atoms with Gasteiger partial charge in [0, 0.05) is 0 Å². The van der Waals surface area contributed by atoms with Crippen LogP contribution in [0.5, 0.6) is 0 Å². The Balaban J connectivity index is 3.01. The second kappa shape index (κ2) is 5.12. The van der Waals surface area contributed by atoms with Gasteiger partial charge in [-0.3, -0.25) is 14.4 Å². The first-order chi connectivity index (χ1) is 8.62. The minimum absolute atomic E-state index is 0.530. The second-order valence-electron chi connectivity index (χ2n) is 3.65. The lowest BCUT2D eigenvalue weighted by molar-refractivity contribution is -0.141. The minimum Gasteiger partial charge on any atom is -0.480 e. The molecule has 0 aliphatic carbocycles. The van der Waals surface area contributed by atoms with Crippen molar-refractivity contribution in [1.82, 2.24) is 10.3 Å². The van der Waals surface area contributed by atoms with E-state index in [1.807, 2.05) is 5.32 Å². The molecule has 0 saturated carbocycles. The summed E-state index contributed by atoms with van der Waals surface area (Å²) >= 11 is 0. The van der Waals surface area contributed by atoms with E-state index in [2.05, 4.69) is 0 Å². The van der Waals surface area contributed by atoms with Crippen molar-refractivity contribution in [3.8, 4) is 0 Å². The highest BCUT2D eigenvalue weighted by Crippen LogP contribution is 2.26. The zero-order valence-electron chi connectivity index (χ0n) is 9.54. The molecule has 1 aromatic heterocycles. The van der Waals surface area contributed by atoms with Crippen LogP contribution in [0.2, 0.25) is 0 Å². The number of nitrogens with one attached hydrogen (secondary N) is 2. The lowest BCUT2D eigenvalue weighted by Gasteiger charge is -2.10. The van der Waals surface area contributed by atoms with Crippen molar-refractivity contribution in [2.24, 2.45) is 0 Å². The molecule has 0 aromatic carbocycles. The number of amides is 1. The van der Waals surface area contributed by atoms with E-state index in [0.717, 1.165) is 6.92 Å². The zero-order chi connectivity index (χ0) is 14.8. The smallest absolute Gasteiger partial charge is 0.431 e. The van der Waals surface area contributed by atoms with Gasteiger partial charge in [0.25, 0.3) is 11.5 Å². The van der Waals surface area contributed by atoms with Gasteiger partial charge in [0.15, 0.2) is 0 Å². The fourth-order valence-electron chi connectivity index (χ4n) is 1.15. The summed E-state index contributed by atoms with van der Waals surface area (Å²) < 4.78 is 36.8. The van der Waals surface area contributed by atoms with Crippen molar-refractivity contribution in [1.29, 1.82) is 0 Å². The Morgan fingerprint density at radius 2 is 1.95 bits per heavy atom. The number of carbonyl (C=O) groups is 2. The fraction of sp³-hybridized carbons (Fsp3) is 0.300. The Morgan fingerprint density at radius 1 is 1.37 bits per heavy atom.